The molecule has 0 saturated heterocycles. The minimum absolute atomic E-state index is 0.386. The van der Waals surface area contributed by atoms with Gasteiger partial charge < -0.3 is 10.4 Å². The zero-order chi connectivity index (χ0) is 12.0. The molecule has 0 amide bonds. The summed E-state index contributed by atoms with van der Waals surface area (Å²) in [5.74, 6) is 0. The number of rotatable bonds is 5. The number of pyridine rings is 1. The first kappa shape index (κ1) is 12.9. The van der Waals surface area contributed by atoms with Crippen LogP contribution in [0.2, 0.25) is 0 Å². The van der Waals surface area contributed by atoms with Crippen LogP contribution < -0.4 is 5.32 Å². The van der Waals surface area contributed by atoms with Crippen LogP contribution in [0.5, 0.6) is 0 Å². The lowest BCUT2D eigenvalue weighted by molar-refractivity contribution is -0.201. The predicted octanol–water partition coefficient (Wildman–Crippen LogP) is 1.14. The van der Waals surface area contributed by atoms with Crippen LogP contribution in [0, 0.1) is 0 Å². The van der Waals surface area contributed by atoms with E-state index in [1.807, 2.05) is 0 Å². The third kappa shape index (κ3) is 4.59. The van der Waals surface area contributed by atoms with Gasteiger partial charge in [-0.3, -0.25) is 4.98 Å². The molecule has 0 aliphatic carbocycles. The molecule has 1 unspecified atom stereocenters. The molecule has 1 aromatic heterocycles. The summed E-state index contributed by atoms with van der Waals surface area (Å²) in [6, 6.07) is 3.59. The molecule has 0 aromatic carbocycles. The highest BCUT2D eigenvalue weighted by Gasteiger charge is 2.37. The molecule has 0 spiro atoms. The summed E-state index contributed by atoms with van der Waals surface area (Å²) < 4.78 is 35.7. The van der Waals surface area contributed by atoms with Gasteiger partial charge in [-0.05, 0) is 30.7 Å². The number of halogens is 3. The minimum atomic E-state index is -4.55. The second-order valence-corrected chi connectivity index (χ2v) is 3.37. The topological polar surface area (TPSA) is 45.1 Å². The van der Waals surface area contributed by atoms with Gasteiger partial charge in [-0.2, -0.15) is 13.2 Å². The highest BCUT2D eigenvalue weighted by Crippen LogP contribution is 2.19. The number of nitrogens with zero attached hydrogens (tertiary/aromatic N) is 1. The molecular formula is C10H13F3N2O. The van der Waals surface area contributed by atoms with Crippen LogP contribution in [-0.4, -0.2) is 35.5 Å². The molecule has 1 atom stereocenters. The van der Waals surface area contributed by atoms with E-state index in [1.165, 1.54) is 0 Å². The van der Waals surface area contributed by atoms with Gasteiger partial charge in [0, 0.05) is 18.9 Å². The normalized spacial score (nSPS) is 13.8. The van der Waals surface area contributed by atoms with E-state index >= 15 is 0 Å². The third-order valence-electron chi connectivity index (χ3n) is 2.06. The molecule has 0 saturated carbocycles. The van der Waals surface area contributed by atoms with E-state index in [4.69, 9.17) is 5.11 Å². The number of hydrogen-bond acceptors (Lipinski definition) is 3. The molecule has 0 aliphatic rings. The van der Waals surface area contributed by atoms with Crippen molar-refractivity contribution in [2.45, 2.75) is 18.7 Å². The summed E-state index contributed by atoms with van der Waals surface area (Å²) in [7, 11) is 0. The van der Waals surface area contributed by atoms with Crippen molar-refractivity contribution in [2.75, 3.05) is 13.1 Å². The van der Waals surface area contributed by atoms with E-state index in [-0.39, 0.29) is 0 Å². The Morgan fingerprint density at radius 2 is 1.94 bits per heavy atom. The van der Waals surface area contributed by atoms with Gasteiger partial charge in [-0.15, -0.1) is 0 Å². The summed E-state index contributed by atoms with van der Waals surface area (Å²) in [4.78, 5) is 3.82. The van der Waals surface area contributed by atoms with Gasteiger partial charge >= 0.3 is 6.18 Å². The number of aliphatic hydroxyl groups is 1. The first-order valence-corrected chi connectivity index (χ1v) is 4.84. The Bertz CT molecular complexity index is 303. The molecule has 2 N–H and O–H groups in total. The lowest BCUT2D eigenvalue weighted by Gasteiger charge is -2.14. The Kier molecular flexibility index (Phi) is 4.70. The maximum absolute atomic E-state index is 11.9. The van der Waals surface area contributed by atoms with Gasteiger partial charge in [0.05, 0.1) is 0 Å². The highest BCUT2D eigenvalue weighted by molar-refractivity contribution is 5.09. The minimum Gasteiger partial charge on any atom is -0.382 e. The number of aromatic nitrogens is 1. The molecule has 16 heavy (non-hydrogen) atoms. The van der Waals surface area contributed by atoms with Crippen LogP contribution in [0.15, 0.2) is 24.5 Å². The van der Waals surface area contributed by atoms with Crippen molar-refractivity contribution in [3.63, 3.8) is 0 Å². The maximum Gasteiger partial charge on any atom is 0.415 e. The molecule has 6 heteroatoms. The summed E-state index contributed by atoms with van der Waals surface area (Å²) in [6.07, 6.45) is -3.00. The van der Waals surface area contributed by atoms with E-state index in [0.717, 1.165) is 5.56 Å². The predicted molar refractivity (Wildman–Crippen MR) is 52.9 cm³/mol. The molecule has 0 fully saturated rings. The van der Waals surface area contributed by atoms with Crippen molar-refractivity contribution in [2.24, 2.45) is 0 Å². The maximum atomic E-state index is 11.9. The molecule has 1 aromatic rings. The zero-order valence-electron chi connectivity index (χ0n) is 8.54. The van der Waals surface area contributed by atoms with E-state index in [2.05, 4.69) is 10.3 Å². The monoisotopic (exact) mass is 234 g/mol. The first-order valence-electron chi connectivity index (χ1n) is 4.84. The fourth-order valence-corrected chi connectivity index (χ4v) is 1.14. The van der Waals surface area contributed by atoms with Gasteiger partial charge in [0.2, 0.25) is 0 Å². The van der Waals surface area contributed by atoms with E-state index in [9.17, 15) is 13.2 Å². The molecule has 0 bridgehead atoms. The molecule has 3 nitrogen and oxygen atoms in total. The summed E-state index contributed by atoms with van der Waals surface area (Å²) in [6.45, 7) is -0.0915. The highest BCUT2D eigenvalue weighted by atomic mass is 19.4. The van der Waals surface area contributed by atoms with Crippen molar-refractivity contribution in [1.82, 2.24) is 10.3 Å². The molecule has 0 aliphatic heterocycles. The van der Waals surface area contributed by atoms with Gasteiger partial charge in [-0.25, -0.2) is 0 Å². The number of aliphatic hydroxyl groups excluding tert-OH is 1. The summed E-state index contributed by atoms with van der Waals surface area (Å²) in [5, 5.41) is 11.2. The van der Waals surface area contributed by atoms with E-state index in [0.29, 0.717) is 13.0 Å². The first-order chi connectivity index (χ1) is 7.50. The second-order valence-electron chi connectivity index (χ2n) is 3.37. The fourth-order valence-electron chi connectivity index (χ4n) is 1.14. The van der Waals surface area contributed by atoms with Crippen LogP contribution in [-0.2, 0) is 6.42 Å². The Morgan fingerprint density at radius 1 is 1.31 bits per heavy atom. The lowest BCUT2D eigenvalue weighted by atomic mass is 10.2. The van der Waals surface area contributed by atoms with Crippen molar-refractivity contribution >= 4 is 0 Å². The third-order valence-corrected chi connectivity index (χ3v) is 2.06. The van der Waals surface area contributed by atoms with Crippen molar-refractivity contribution in [1.29, 1.82) is 0 Å². The van der Waals surface area contributed by atoms with Gasteiger partial charge in [0.25, 0.3) is 0 Å². The van der Waals surface area contributed by atoms with Gasteiger partial charge in [-0.1, -0.05) is 0 Å². The van der Waals surface area contributed by atoms with Crippen LogP contribution in [0.4, 0.5) is 13.2 Å². The Balaban J connectivity index is 2.18. The van der Waals surface area contributed by atoms with Crippen molar-refractivity contribution < 1.29 is 18.3 Å². The number of nitrogens with one attached hydrogen (secondary N) is 1. The smallest absolute Gasteiger partial charge is 0.382 e. The van der Waals surface area contributed by atoms with Gasteiger partial charge in [0.15, 0.2) is 6.10 Å². The molecular weight excluding hydrogens is 221 g/mol. The Hall–Kier alpha value is -1.14. The summed E-state index contributed by atoms with van der Waals surface area (Å²) >= 11 is 0. The van der Waals surface area contributed by atoms with E-state index in [1.54, 1.807) is 24.5 Å². The quantitative estimate of drug-likeness (QED) is 0.751. The van der Waals surface area contributed by atoms with Crippen LogP contribution in [0.25, 0.3) is 0 Å². The van der Waals surface area contributed by atoms with Crippen molar-refractivity contribution in [3.8, 4) is 0 Å². The van der Waals surface area contributed by atoms with Gasteiger partial charge in [0.1, 0.15) is 0 Å². The Morgan fingerprint density at radius 3 is 2.50 bits per heavy atom. The average molecular weight is 234 g/mol. The summed E-state index contributed by atoms with van der Waals surface area (Å²) in [5.41, 5.74) is 0.990. The molecule has 90 valence electrons. The fraction of sp³-hybridized carbons (Fsp3) is 0.500. The number of hydrogen-bond donors (Lipinski definition) is 2. The Labute approximate surface area is 91.3 Å². The largest absolute Gasteiger partial charge is 0.415 e. The standard InChI is InChI=1S/C10H13F3N2O/c11-10(12,13)9(16)7-15-6-3-8-1-4-14-5-2-8/h1-2,4-5,9,15-16H,3,6-7H2. The van der Waals surface area contributed by atoms with Crippen molar-refractivity contribution in [3.05, 3.63) is 30.1 Å². The lowest BCUT2D eigenvalue weighted by Crippen LogP contribution is -2.38. The number of alkyl halides is 3. The van der Waals surface area contributed by atoms with Crippen LogP contribution in [0.1, 0.15) is 5.56 Å². The average Bonchev–Trinajstić information content (AvgIpc) is 2.24. The zero-order valence-corrected chi connectivity index (χ0v) is 8.54. The molecule has 0 radical (unpaired) electrons. The molecule has 1 rings (SSSR count). The second kappa shape index (κ2) is 5.81. The SMILES string of the molecule is OC(CNCCc1ccncc1)C(F)(F)F. The van der Waals surface area contributed by atoms with E-state index < -0.39 is 18.8 Å². The van der Waals surface area contributed by atoms with Crippen LogP contribution in [0.3, 0.4) is 0 Å². The molecule has 1 heterocycles. The van der Waals surface area contributed by atoms with Crippen LogP contribution >= 0.6 is 0 Å².